The van der Waals surface area contributed by atoms with Crippen LogP contribution >= 0.6 is 0 Å². The molecule has 1 unspecified atom stereocenters. The first-order chi connectivity index (χ1) is 9.10. The molecule has 0 saturated heterocycles. The number of hydrogen-bond acceptors (Lipinski definition) is 2. The second-order valence-corrected chi connectivity index (χ2v) is 6.03. The molecule has 1 atom stereocenters. The van der Waals surface area contributed by atoms with Crippen molar-refractivity contribution in [2.24, 2.45) is 0 Å². The van der Waals surface area contributed by atoms with Crippen LogP contribution in [0.2, 0.25) is 0 Å². The van der Waals surface area contributed by atoms with E-state index < -0.39 is 0 Å². The van der Waals surface area contributed by atoms with E-state index in [0.717, 1.165) is 24.8 Å². The average molecular weight is 261 g/mol. The van der Waals surface area contributed by atoms with Gasteiger partial charge in [0.05, 0.1) is 0 Å². The molecule has 2 heteroatoms. The van der Waals surface area contributed by atoms with Gasteiger partial charge in [0, 0.05) is 12.6 Å². The Morgan fingerprint density at radius 1 is 1.32 bits per heavy atom. The lowest BCUT2D eigenvalue weighted by Gasteiger charge is -2.22. The Morgan fingerprint density at radius 2 is 2.05 bits per heavy atom. The summed E-state index contributed by atoms with van der Waals surface area (Å²) in [6.45, 7) is 9.74. The number of aryl methyl sites for hydroxylation is 1. The smallest absolute Gasteiger partial charge is 0.123 e. The molecule has 1 aromatic rings. The summed E-state index contributed by atoms with van der Waals surface area (Å²) < 4.78 is 6.25. The molecule has 1 aliphatic carbocycles. The van der Waals surface area contributed by atoms with E-state index in [1.165, 1.54) is 24.0 Å². The molecule has 0 amide bonds. The molecule has 1 N–H and O–H groups in total. The summed E-state index contributed by atoms with van der Waals surface area (Å²) in [6.07, 6.45) is 3.99. The molecule has 2 rings (SSSR count). The van der Waals surface area contributed by atoms with Gasteiger partial charge in [-0.2, -0.15) is 0 Å². The molecule has 1 fully saturated rings. The monoisotopic (exact) mass is 261 g/mol. The molecule has 1 saturated carbocycles. The topological polar surface area (TPSA) is 21.3 Å². The predicted molar refractivity (Wildman–Crippen MR) is 81.0 cm³/mol. The zero-order valence-electron chi connectivity index (χ0n) is 12.7. The summed E-state index contributed by atoms with van der Waals surface area (Å²) >= 11 is 0. The van der Waals surface area contributed by atoms with Gasteiger partial charge in [-0.3, -0.25) is 0 Å². The second-order valence-electron chi connectivity index (χ2n) is 6.03. The van der Waals surface area contributed by atoms with Crippen molar-refractivity contribution >= 4 is 0 Å². The van der Waals surface area contributed by atoms with E-state index in [2.05, 4.69) is 51.2 Å². The van der Waals surface area contributed by atoms with Gasteiger partial charge in [-0.1, -0.05) is 32.9 Å². The quantitative estimate of drug-likeness (QED) is 0.800. The lowest BCUT2D eigenvalue weighted by atomic mass is 10.0. The van der Waals surface area contributed by atoms with Crippen LogP contribution in [0.25, 0.3) is 0 Å². The molecule has 0 radical (unpaired) electrons. The van der Waals surface area contributed by atoms with Crippen molar-refractivity contribution in [2.45, 2.75) is 65.0 Å². The maximum atomic E-state index is 6.25. The number of hydrogen-bond donors (Lipinski definition) is 1. The summed E-state index contributed by atoms with van der Waals surface area (Å²) in [5, 5.41) is 3.57. The van der Waals surface area contributed by atoms with Gasteiger partial charge >= 0.3 is 0 Å². The molecule has 0 aromatic heterocycles. The lowest BCUT2D eigenvalue weighted by Crippen LogP contribution is -2.32. The van der Waals surface area contributed by atoms with E-state index in [1.54, 1.807) is 0 Å². The molecular formula is C17H27NO. The predicted octanol–water partition coefficient (Wildman–Crippen LogP) is 4.03. The standard InChI is InChI=1S/C17H27NO/c1-5-15(11-18-14-7-8-14)19-17-10-13(4)6-9-16(17)12(2)3/h6,9-10,12,14-15,18H,5,7-8,11H2,1-4H3. The maximum absolute atomic E-state index is 6.25. The van der Waals surface area contributed by atoms with Crippen molar-refractivity contribution < 1.29 is 4.74 Å². The fraction of sp³-hybridized carbons (Fsp3) is 0.647. The van der Waals surface area contributed by atoms with E-state index in [-0.39, 0.29) is 6.10 Å². The summed E-state index contributed by atoms with van der Waals surface area (Å²) in [5.41, 5.74) is 2.58. The SMILES string of the molecule is CCC(CNC1CC1)Oc1cc(C)ccc1C(C)C. The third-order valence-corrected chi connectivity index (χ3v) is 3.75. The Balaban J connectivity index is 2.03. The van der Waals surface area contributed by atoms with Crippen LogP contribution in [0.1, 0.15) is 57.1 Å². The fourth-order valence-electron chi connectivity index (χ4n) is 2.26. The number of benzene rings is 1. The van der Waals surface area contributed by atoms with Crippen molar-refractivity contribution in [1.29, 1.82) is 0 Å². The van der Waals surface area contributed by atoms with E-state index in [4.69, 9.17) is 4.74 Å². The third kappa shape index (κ3) is 4.24. The van der Waals surface area contributed by atoms with Crippen LogP contribution in [0, 0.1) is 6.92 Å². The summed E-state index contributed by atoms with van der Waals surface area (Å²) in [4.78, 5) is 0. The van der Waals surface area contributed by atoms with Crippen molar-refractivity contribution in [3.05, 3.63) is 29.3 Å². The van der Waals surface area contributed by atoms with Gasteiger partial charge in [0.25, 0.3) is 0 Å². The first-order valence-corrected chi connectivity index (χ1v) is 7.60. The molecule has 0 spiro atoms. The summed E-state index contributed by atoms with van der Waals surface area (Å²) in [7, 11) is 0. The van der Waals surface area contributed by atoms with Crippen LogP contribution in [-0.2, 0) is 0 Å². The van der Waals surface area contributed by atoms with Crippen LogP contribution in [-0.4, -0.2) is 18.7 Å². The molecule has 0 heterocycles. The number of rotatable bonds is 7. The van der Waals surface area contributed by atoms with Gasteiger partial charge in [-0.05, 0) is 49.3 Å². The van der Waals surface area contributed by atoms with Crippen molar-refractivity contribution in [2.75, 3.05) is 6.54 Å². The van der Waals surface area contributed by atoms with Gasteiger partial charge in [0.15, 0.2) is 0 Å². The highest BCUT2D eigenvalue weighted by atomic mass is 16.5. The fourth-order valence-corrected chi connectivity index (χ4v) is 2.26. The Labute approximate surface area is 117 Å². The Morgan fingerprint density at radius 3 is 2.63 bits per heavy atom. The van der Waals surface area contributed by atoms with Gasteiger partial charge in [-0.15, -0.1) is 0 Å². The van der Waals surface area contributed by atoms with E-state index >= 15 is 0 Å². The first-order valence-electron chi connectivity index (χ1n) is 7.60. The molecule has 1 aliphatic rings. The highest BCUT2D eigenvalue weighted by molar-refractivity contribution is 5.39. The number of nitrogens with one attached hydrogen (secondary N) is 1. The van der Waals surface area contributed by atoms with Crippen LogP contribution in [0.15, 0.2) is 18.2 Å². The normalized spacial score (nSPS) is 16.7. The van der Waals surface area contributed by atoms with Crippen molar-refractivity contribution in [3.8, 4) is 5.75 Å². The van der Waals surface area contributed by atoms with Gasteiger partial charge in [0.1, 0.15) is 11.9 Å². The van der Waals surface area contributed by atoms with Crippen LogP contribution in [0.3, 0.4) is 0 Å². The van der Waals surface area contributed by atoms with Crippen LogP contribution < -0.4 is 10.1 Å². The molecular weight excluding hydrogens is 234 g/mol. The average Bonchev–Trinajstić information content (AvgIpc) is 3.18. The maximum Gasteiger partial charge on any atom is 0.123 e. The molecule has 0 bridgehead atoms. The third-order valence-electron chi connectivity index (χ3n) is 3.75. The van der Waals surface area contributed by atoms with Crippen molar-refractivity contribution in [1.82, 2.24) is 5.32 Å². The minimum absolute atomic E-state index is 0.278. The highest BCUT2D eigenvalue weighted by Gasteiger charge is 2.22. The zero-order chi connectivity index (χ0) is 13.8. The molecule has 2 nitrogen and oxygen atoms in total. The van der Waals surface area contributed by atoms with E-state index in [1.807, 2.05) is 0 Å². The van der Waals surface area contributed by atoms with Crippen LogP contribution in [0.5, 0.6) is 5.75 Å². The van der Waals surface area contributed by atoms with Gasteiger partial charge in [-0.25, -0.2) is 0 Å². The second kappa shape index (κ2) is 6.42. The minimum atomic E-state index is 0.278. The van der Waals surface area contributed by atoms with E-state index in [9.17, 15) is 0 Å². The van der Waals surface area contributed by atoms with Gasteiger partial charge < -0.3 is 10.1 Å². The van der Waals surface area contributed by atoms with Gasteiger partial charge in [0.2, 0.25) is 0 Å². The molecule has 1 aromatic carbocycles. The minimum Gasteiger partial charge on any atom is -0.489 e. The first kappa shape index (κ1) is 14.4. The molecule has 106 valence electrons. The number of ether oxygens (including phenoxy) is 1. The van der Waals surface area contributed by atoms with E-state index in [0.29, 0.717) is 5.92 Å². The Bertz CT molecular complexity index is 410. The summed E-state index contributed by atoms with van der Waals surface area (Å²) in [5.74, 6) is 1.57. The lowest BCUT2D eigenvalue weighted by molar-refractivity contribution is 0.190. The highest BCUT2D eigenvalue weighted by Crippen LogP contribution is 2.28. The Kier molecular flexibility index (Phi) is 4.87. The van der Waals surface area contributed by atoms with Crippen molar-refractivity contribution in [3.63, 3.8) is 0 Å². The molecule has 0 aliphatic heterocycles. The Hall–Kier alpha value is -1.02. The summed E-state index contributed by atoms with van der Waals surface area (Å²) in [6, 6.07) is 7.30. The largest absolute Gasteiger partial charge is 0.489 e. The van der Waals surface area contributed by atoms with Crippen LogP contribution in [0.4, 0.5) is 0 Å². The zero-order valence-corrected chi connectivity index (χ0v) is 12.7. The molecule has 19 heavy (non-hydrogen) atoms.